The molecule has 0 aromatic carbocycles. The maximum absolute atomic E-state index is 11.5. The molecule has 0 spiro atoms. The maximum atomic E-state index is 11.5. The first-order chi connectivity index (χ1) is 6.31. The third kappa shape index (κ3) is 3.53. The molecule has 14 heavy (non-hydrogen) atoms. The summed E-state index contributed by atoms with van der Waals surface area (Å²) in [5.74, 6) is -0.408. The third-order valence-corrected chi connectivity index (χ3v) is 2.19. The summed E-state index contributed by atoms with van der Waals surface area (Å²) < 4.78 is -0.808. The Balaban J connectivity index is 4.54. The monoisotopic (exact) mass is 269 g/mol. The smallest absolute Gasteiger partial charge is 0.236 e. The molecule has 0 aliphatic carbocycles. The van der Waals surface area contributed by atoms with Crippen molar-refractivity contribution in [2.75, 3.05) is 19.8 Å². The zero-order valence-corrected chi connectivity index (χ0v) is 9.84. The van der Waals surface area contributed by atoms with E-state index in [2.05, 4.69) is 21.2 Å². The van der Waals surface area contributed by atoms with E-state index in [1.807, 2.05) is 0 Å². The average Bonchev–Trinajstić information content (AvgIpc) is 2.12. The largest absolute Gasteiger partial charge is 0.394 e. The number of hydrogen-bond donors (Lipinski definition) is 4. The highest BCUT2D eigenvalue weighted by Gasteiger charge is 2.34. The number of nitrogens with one attached hydrogen (secondary N) is 1. The Hall–Kier alpha value is -0.170. The van der Waals surface area contributed by atoms with Crippen molar-refractivity contribution < 1.29 is 20.1 Å². The van der Waals surface area contributed by atoms with Gasteiger partial charge in [0.2, 0.25) is 5.91 Å². The molecule has 0 aromatic heterocycles. The van der Waals surface area contributed by atoms with Crippen LogP contribution in [0.2, 0.25) is 0 Å². The minimum Gasteiger partial charge on any atom is -0.394 e. The molecule has 0 bridgehead atoms. The van der Waals surface area contributed by atoms with Crippen LogP contribution in [-0.2, 0) is 4.79 Å². The summed E-state index contributed by atoms with van der Waals surface area (Å²) in [6.45, 7) is 1.69. The van der Waals surface area contributed by atoms with Gasteiger partial charge in [-0.3, -0.25) is 4.79 Å². The fourth-order valence-electron chi connectivity index (χ4n) is 0.658. The number of carbonyl (C=O) groups excluding carboxylic acids is 1. The lowest BCUT2D eigenvalue weighted by molar-refractivity contribution is -0.126. The van der Waals surface area contributed by atoms with E-state index in [0.29, 0.717) is 0 Å². The van der Waals surface area contributed by atoms with Crippen LogP contribution in [0.1, 0.15) is 13.8 Å². The lowest BCUT2D eigenvalue weighted by Gasteiger charge is -2.31. The maximum Gasteiger partial charge on any atom is 0.236 e. The van der Waals surface area contributed by atoms with Gasteiger partial charge in [-0.05, 0) is 13.8 Å². The van der Waals surface area contributed by atoms with Gasteiger partial charge in [0.25, 0.3) is 0 Å². The van der Waals surface area contributed by atoms with Crippen molar-refractivity contribution in [2.45, 2.75) is 23.7 Å². The predicted molar refractivity (Wildman–Crippen MR) is 55.1 cm³/mol. The van der Waals surface area contributed by atoms with E-state index in [1.165, 1.54) is 0 Å². The van der Waals surface area contributed by atoms with Gasteiger partial charge in [0, 0.05) is 0 Å². The van der Waals surface area contributed by atoms with Crippen LogP contribution in [0.4, 0.5) is 0 Å². The van der Waals surface area contributed by atoms with Crippen LogP contribution in [0.25, 0.3) is 0 Å². The van der Waals surface area contributed by atoms with Gasteiger partial charge in [-0.2, -0.15) is 0 Å². The second-order valence-corrected chi connectivity index (χ2v) is 5.66. The van der Waals surface area contributed by atoms with E-state index in [4.69, 9.17) is 15.3 Å². The Morgan fingerprint density at radius 1 is 1.21 bits per heavy atom. The molecule has 0 aliphatic heterocycles. The number of alkyl halides is 1. The van der Waals surface area contributed by atoms with Gasteiger partial charge in [0.15, 0.2) is 0 Å². The van der Waals surface area contributed by atoms with Crippen molar-refractivity contribution in [3.05, 3.63) is 0 Å². The Labute approximate surface area is 91.3 Å². The van der Waals surface area contributed by atoms with Gasteiger partial charge in [-0.1, -0.05) is 15.9 Å². The van der Waals surface area contributed by atoms with Crippen molar-refractivity contribution in [2.24, 2.45) is 0 Å². The molecule has 6 heteroatoms. The van der Waals surface area contributed by atoms with Crippen molar-refractivity contribution >= 4 is 21.8 Å². The highest BCUT2D eigenvalue weighted by molar-refractivity contribution is 9.10. The lowest BCUT2D eigenvalue weighted by atomic mass is 10.0. The normalized spacial score (nSPS) is 12.7. The molecule has 0 radical (unpaired) electrons. The summed E-state index contributed by atoms with van der Waals surface area (Å²) in [5, 5.41) is 29.2. The Morgan fingerprint density at radius 2 is 1.57 bits per heavy atom. The predicted octanol–water partition coefficient (Wildman–Crippen LogP) is -1.01. The molecule has 1 amide bonds. The summed E-state index contributed by atoms with van der Waals surface area (Å²) in [5.41, 5.74) is -1.36. The molecular weight excluding hydrogens is 254 g/mol. The van der Waals surface area contributed by atoms with E-state index < -0.39 is 35.6 Å². The number of hydrogen-bond acceptors (Lipinski definition) is 4. The summed E-state index contributed by atoms with van der Waals surface area (Å²) in [4.78, 5) is 11.5. The van der Waals surface area contributed by atoms with Crippen molar-refractivity contribution in [1.82, 2.24) is 5.32 Å². The molecule has 0 atom stereocenters. The molecule has 0 saturated heterocycles. The fraction of sp³-hybridized carbons (Fsp3) is 0.875. The summed E-state index contributed by atoms with van der Waals surface area (Å²) >= 11 is 3.13. The lowest BCUT2D eigenvalue weighted by Crippen LogP contribution is -2.59. The number of halogens is 1. The highest BCUT2D eigenvalue weighted by atomic mass is 79.9. The van der Waals surface area contributed by atoms with E-state index in [-0.39, 0.29) is 0 Å². The number of amides is 1. The number of rotatable bonds is 5. The van der Waals surface area contributed by atoms with Crippen LogP contribution in [0.15, 0.2) is 0 Å². The van der Waals surface area contributed by atoms with Crippen LogP contribution in [0, 0.1) is 0 Å². The van der Waals surface area contributed by atoms with Gasteiger partial charge in [0.05, 0.1) is 24.1 Å². The van der Waals surface area contributed by atoms with E-state index in [1.54, 1.807) is 13.8 Å². The third-order valence-electron chi connectivity index (χ3n) is 1.83. The first-order valence-corrected chi connectivity index (χ1v) is 4.95. The Morgan fingerprint density at radius 3 is 1.79 bits per heavy atom. The van der Waals surface area contributed by atoms with Crippen LogP contribution in [0.3, 0.4) is 0 Å². The Bertz CT molecular complexity index is 190. The summed E-state index contributed by atoms with van der Waals surface area (Å²) in [6.07, 6.45) is 0. The van der Waals surface area contributed by atoms with Gasteiger partial charge >= 0.3 is 0 Å². The van der Waals surface area contributed by atoms with Crippen LogP contribution in [0.5, 0.6) is 0 Å². The summed E-state index contributed by atoms with van der Waals surface area (Å²) in [6, 6.07) is 0. The first kappa shape index (κ1) is 13.8. The Kier molecular flexibility index (Phi) is 5.00. The molecule has 0 saturated carbocycles. The van der Waals surface area contributed by atoms with Gasteiger partial charge in [-0.15, -0.1) is 0 Å². The van der Waals surface area contributed by atoms with E-state index in [9.17, 15) is 4.79 Å². The molecule has 0 fully saturated rings. The minimum absolute atomic E-state index is 0.408. The topological polar surface area (TPSA) is 89.8 Å². The minimum atomic E-state index is -1.36. The SMILES string of the molecule is CC(C)(Br)C(=O)NC(CO)(CO)CO. The number of aliphatic hydroxyl groups excluding tert-OH is 3. The highest BCUT2D eigenvalue weighted by Crippen LogP contribution is 2.17. The first-order valence-electron chi connectivity index (χ1n) is 4.15. The molecular formula is C8H16BrNO4. The standard InChI is InChI=1S/C8H16BrNO4/c1-7(2,9)6(14)10-8(3-11,4-12)5-13/h11-13H,3-5H2,1-2H3,(H,10,14). The molecule has 0 unspecified atom stereocenters. The fourth-order valence-corrected chi connectivity index (χ4v) is 0.757. The van der Waals surface area contributed by atoms with Crippen molar-refractivity contribution in [1.29, 1.82) is 0 Å². The molecule has 0 rings (SSSR count). The molecule has 0 heterocycles. The zero-order chi connectivity index (χ0) is 11.4. The van der Waals surface area contributed by atoms with Crippen LogP contribution < -0.4 is 5.32 Å². The van der Waals surface area contributed by atoms with Gasteiger partial charge in [-0.25, -0.2) is 0 Å². The molecule has 84 valence electrons. The van der Waals surface area contributed by atoms with Crippen LogP contribution >= 0.6 is 15.9 Å². The van der Waals surface area contributed by atoms with Gasteiger partial charge < -0.3 is 20.6 Å². The van der Waals surface area contributed by atoms with Crippen LogP contribution in [-0.4, -0.2) is 50.9 Å². The zero-order valence-electron chi connectivity index (χ0n) is 8.25. The van der Waals surface area contributed by atoms with E-state index in [0.717, 1.165) is 0 Å². The second kappa shape index (κ2) is 5.06. The van der Waals surface area contributed by atoms with Crippen molar-refractivity contribution in [3.8, 4) is 0 Å². The molecule has 5 nitrogen and oxygen atoms in total. The molecule has 4 N–H and O–H groups in total. The van der Waals surface area contributed by atoms with E-state index >= 15 is 0 Å². The van der Waals surface area contributed by atoms with Gasteiger partial charge in [0.1, 0.15) is 5.54 Å². The van der Waals surface area contributed by atoms with Crippen molar-refractivity contribution in [3.63, 3.8) is 0 Å². The summed E-state index contributed by atoms with van der Waals surface area (Å²) in [7, 11) is 0. The molecule has 0 aliphatic rings. The quantitative estimate of drug-likeness (QED) is 0.482. The number of aliphatic hydroxyl groups is 3. The average molecular weight is 270 g/mol. The number of carbonyl (C=O) groups is 1. The second-order valence-electron chi connectivity index (χ2n) is 3.68. The molecule has 0 aromatic rings.